The molecule has 2 heterocycles. The Kier molecular flexibility index (Phi) is 3.49. The van der Waals surface area contributed by atoms with E-state index >= 15 is 0 Å². The van der Waals surface area contributed by atoms with Gasteiger partial charge in [0.1, 0.15) is 0 Å². The fourth-order valence-electron chi connectivity index (χ4n) is 1.80. The molecule has 0 spiro atoms. The van der Waals surface area contributed by atoms with Gasteiger partial charge in [0.15, 0.2) is 5.82 Å². The molecule has 2 rings (SSSR count). The number of nitrogens with zero attached hydrogens (tertiary/aromatic N) is 4. The van der Waals surface area contributed by atoms with E-state index in [1.165, 1.54) is 5.56 Å². The molecule has 0 aliphatic rings. The van der Waals surface area contributed by atoms with Gasteiger partial charge in [-0.2, -0.15) is 5.10 Å². The fraction of sp³-hybridized carbons (Fsp3) is 0.417. The van der Waals surface area contributed by atoms with E-state index < -0.39 is 0 Å². The average Bonchev–Trinajstić information content (AvgIpc) is 2.64. The second kappa shape index (κ2) is 5.05. The van der Waals surface area contributed by atoms with E-state index in [1.54, 1.807) is 18.6 Å². The Labute approximate surface area is 101 Å². The van der Waals surface area contributed by atoms with Crippen LogP contribution in [-0.2, 0) is 6.54 Å². The van der Waals surface area contributed by atoms with Gasteiger partial charge in [-0.1, -0.05) is 6.92 Å². The van der Waals surface area contributed by atoms with E-state index in [0.29, 0.717) is 0 Å². The summed E-state index contributed by atoms with van der Waals surface area (Å²) < 4.78 is 1.84. The van der Waals surface area contributed by atoms with E-state index in [-0.39, 0.29) is 0 Å². The average molecular weight is 231 g/mol. The lowest BCUT2D eigenvalue weighted by Crippen LogP contribution is -2.13. The van der Waals surface area contributed by atoms with Gasteiger partial charge >= 0.3 is 0 Å². The van der Waals surface area contributed by atoms with Crippen molar-refractivity contribution >= 4 is 0 Å². The maximum atomic E-state index is 4.51. The van der Waals surface area contributed by atoms with Gasteiger partial charge in [-0.15, -0.1) is 0 Å². The molecule has 0 amide bonds. The second-order valence-electron chi connectivity index (χ2n) is 3.91. The summed E-state index contributed by atoms with van der Waals surface area (Å²) in [6.07, 6.45) is 5.06. The summed E-state index contributed by atoms with van der Waals surface area (Å²) in [6.45, 7) is 7.97. The van der Waals surface area contributed by atoms with Crippen molar-refractivity contribution < 1.29 is 0 Å². The maximum Gasteiger partial charge on any atom is 0.172 e. The highest BCUT2D eigenvalue weighted by Crippen LogP contribution is 2.15. The lowest BCUT2D eigenvalue weighted by molar-refractivity contribution is 0.719. The Bertz CT molecular complexity index is 489. The van der Waals surface area contributed by atoms with Gasteiger partial charge in [-0.25, -0.2) is 9.67 Å². The first-order valence-corrected chi connectivity index (χ1v) is 5.76. The van der Waals surface area contributed by atoms with Crippen molar-refractivity contribution in [2.75, 3.05) is 6.54 Å². The van der Waals surface area contributed by atoms with E-state index in [2.05, 4.69) is 34.2 Å². The number of rotatable bonds is 4. The van der Waals surface area contributed by atoms with Crippen LogP contribution in [0.15, 0.2) is 18.6 Å². The van der Waals surface area contributed by atoms with E-state index in [0.717, 1.165) is 30.3 Å². The number of aryl methyl sites for hydroxylation is 1. The predicted molar refractivity (Wildman–Crippen MR) is 66.0 cm³/mol. The molecule has 2 aromatic rings. The number of hydrogen-bond acceptors (Lipinski definition) is 4. The Balaban J connectivity index is 2.37. The highest BCUT2D eigenvalue weighted by Gasteiger charge is 2.12. The van der Waals surface area contributed by atoms with Crippen LogP contribution in [0.25, 0.3) is 5.82 Å². The van der Waals surface area contributed by atoms with Gasteiger partial charge in [-0.05, 0) is 20.4 Å². The Morgan fingerprint density at radius 3 is 2.76 bits per heavy atom. The molecule has 0 bridgehead atoms. The number of nitrogens with one attached hydrogen (secondary N) is 1. The molecule has 0 aliphatic heterocycles. The van der Waals surface area contributed by atoms with Gasteiger partial charge in [0.05, 0.1) is 11.9 Å². The third-order valence-electron chi connectivity index (χ3n) is 2.76. The zero-order chi connectivity index (χ0) is 12.3. The molecular weight excluding hydrogens is 214 g/mol. The highest BCUT2D eigenvalue weighted by molar-refractivity contribution is 5.30. The second-order valence-corrected chi connectivity index (χ2v) is 3.91. The van der Waals surface area contributed by atoms with E-state index in [9.17, 15) is 0 Å². The summed E-state index contributed by atoms with van der Waals surface area (Å²) in [5.74, 6) is 0.760. The van der Waals surface area contributed by atoms with Crippen LogP contribution in [0, 0.1) is 13.8 Å². The predicted octanol–water partition coefficient (Wildman–Crippen LogP) is 1.39. The van der Waals surface area contributed by atoms with Crippen LogP contribution in [0.4, 0.5) is 0 Å². The van der Waals surface area contributed by atoms with Crippen LogP contribution in [0.3, 0.4) is 0 Å². The Hall–Kier alpha value is -1.75. The topological polar surface area (TPSA) is 55.6 Å². The lowest BCUT2D eigenvalue weighted by Gasteiger charge is -2.04. The molecule has 0 unspecified atom stereocenters. The molecule has 0 atom stereocenters. The first-order chi connectivity index (χ1) is 8.24. The molecule has 0 fully saturated rings. The molecule has 0 radical (unpaired) electrons. The van der Waals surface area contributed by atoms with Crippen molar-refractivity contribution in [3.63, 3.8) is 0 Å². The standard InChI is InChI=1S/C12H17N5/c1-4-13-7-11-9(2)16-17(10(11)3)12-8-14-5-6-15-12/h5-6,8,13H,4,7H2,1-3H3. The first kappa shape index (κ1) is 11.7. The SMILES string of the molecule is CCNCc1c(C)nn(-c2cnccn2)c1C. The maximum absolute atomic E-state index is 4.51. The van der Waals surface area contributed by atoms with Crippen LogP contribution < -0.4 is 5.32 Å². The minimum Gasteiger partial charge on any atom is -0.313 e. The highest BCUT2D eigenvalue weighted by atomic mass is 15.3. The zero-order valence-electron chi connectivity index (χ0n) is 10.4. The Morgan fingerprint density at radius 1 is 1.29 bits per heavy atom. The largest absolute Gasteiger partial charge is 0.313 e. The van der Waals surface area contributed by atoms with Crippen molar-refractivity contribution in [2.45, 2.75) is 27.3 Å². The third-order valence-corrected chi connectivity index (χ3v) is 2.76. The van der Waals surface area contributed by atoms with Crippen LogP contribution >= 0.6 is 0 Å². The molecule has 0 saturated heterocycles. The fourth-order valence-corrected chi connectivity index (χ4v) is 1.80. The van der Waals surface area contributed by atoms with E-state index in [4.69, 9.17) is 0 Å². The molecule has 1 N–H and O–H groups in total. The smallest absolute Gasteiger partial charge is 0.172 e. The summed E-state index contributed by atoms with van der Waals surface area (Å²) in [6, 6.07) is 0. The molecule has 90 valence electrons. The normalized spacial score (nSPS) is 10.8. The zero-order valence-corrected chi connectivity index (χ0v) is 10.4. The first-order valence-electron chi connectivity index (χ1n) is 5.76. The Morgan fingerprint density at radius 2 is 2.12 bits per heavy atom. The van der Waals surface area contributed by atoms with Gasteiger partial charge in [0.2, 0.25) is 0 Å². The van der Waals surface area contributed by atoms with Gasteiger partial charge in [-0.3, -0.25) is 4.98 Å². The quantitative estimate of drug-likeness (QED) is 0.864. The van der Waals surface area contributed by atoms with Gasteiger partial charge in [0, 0.05) is 30.2 Å². The molecule has 0 aromatic carbocycles. The third kappa shape index (κ3) is 2.34. The van der Waals surface area contributed by atoms with Crippen LogP contribution in [0.1, 0.15) is 23.9 Å². The summed E-state index contributed by atoms with van der Waals surface area (Å²) >= 11 is 0. The van der Waals surface area contributed by atoms with Gasteiger partial charge < -0.3 is 5.32 Å². The van der Waals surface area contributed by atoms with E-state index in [1.807, 2.05) is 11.6 Å². The summed E-state index contributed by atoms with van der Waals surface area (Å²) in [4.78, 5) is 8.33. The minimum atomic E-state index is 0.760. The molecule has 0 aliphatic carbocycles. The van der Waals surface area contributed by atoms with Crippen LogP contribution in [0.5, 0.6) is 0 Å². The van der Waals surface area contributed by atoms with Crippen molar-refractivity contribution in [2.24, 2.45) is 0 Å². The molecular formula is C12H17N5. The molecule has 17 heavy (non-hydrogen) atoms. The molecule has 5 nitrogen and oxygen atoms in total. The van der Waals surface area contributed by atoms with Crippen LogP contribution in [-0.4, -0.2) is 26.3 Å². The molecule has 5 heteroatoms. The summed E-state index contributed by atoms with van der Waals surface area (Å²) in [5.41, 5.74) is 3.38. The van der Waals surface area contributed by atoms with Gasteiger partial charge in [0.25, 0.3) is 0 Å². The van der Waals surface area contributed by atoms with Crippen LogP contribution in [0.2, 0.25) is 0 Å². The lowest BCUT2D eigenvalue weighted by atomic mass is 10.2. The van der Waals surface area contributed by atoms with Crippen molar-refractivity contribution in [3.8, 4) is 5.82 Å². The summed E-state index contributed by atoms with van der Waals surface area (Å²) in [5, 5.41) is 7.83. The van der Waals surface area contributed by atoms with Crippen molar-refractivity contribution in [1.29, 1.82) is 0 Å². The van der Waals surface area contributed by atoms with Crippen molar-refractivity contribution in [3.05, 3.63) is 35.5 Å². The number of aromatic nitrogens is 4. The number of hydrogen-bond donors (Lipinski definition) is 1. The minimum absolute atomic E-state index is 0.760. The molecule has 0 saturated carbocycles. The monoisotopic (exact) mass is 231 g/mol. The van der Waals surface area contributed by atoms with Crippen molar-refractivity contribution in [1.82, 2.24) is 25.1 Å². The summed E-state index contributed by atoms with van der Waals surface area (Å²) in [7, 11) is 0. The molecule has 2 aromatic heterocycles.